The van der Waals surface area contributed by atoms with Crippen LogP contribution in [0.25, 0.3) is 0 Å². The van der Waals surface area contributed by atoms with Gasteiger partial charge in [-0.25, -0.2) is 0 Å². The molecule has 1 aromatic rings. The van der Waals surface area contributed by atoms with E-state index in [1.807, 2.05) is 27.0 Å². The minimum absolute atomic E-state index is 0.0976. The molecule has 1 amide bonds. The summed E-state index contributed by atoms with van der Waals surface area (Å²) < 4.78 is 1.10. The van der Waals surface area contributed by atoms with Gasteiger partial charge >= 0.3 is 0 Å². The lowest BCUT2D eigenvalue weighted by Gasteiger charge is -2.22. The summed E-state index contributed by atoms with van der Waals surface area (Å²) in [6, 6.07) is 2.05. The molecular weight excluding hydrogens is 354 g/mol. The first-order valence-electron chi connectivity index (χ1n) is 5.03. The lowest BCUT2D eigenvalue weighted by atomic mass is 10.1. The van der Waals surface area contributed by atoms with E-state index in [9.17, 15) is 4.79 Å². The van der Waals surface area contributed by atoms with Crippen molar-refractivity contribution in [1.29, 1.82) is 0 Å². The Hall–Kier alpha value is 0.130. The Morgan fingerprint density at radius 1 is 1.56 bits per heavy atom. The maximum Gasteiger partial charge on any atom is 0.236 e. The Balaban J connectivity index is 2.58. The molecule has 2 nitrogen and oxygen atoms in total. The monoisotopic (exact) mass is 367 g/mol. The van der Waals surface area contributed by atoms with E-state index in [4.69, 9.17) is 0 Å². The van der Waals surface area contributed by atoms with Crippen LogP contribution in [0, 0.1) is 5.92 Å². The molecule has 0 saturated heterocycles. The van der Waals surface area contributed by atoms with Crippen molar-refractivity contribution in [2.45, 2.75) is 25.2 Å². The third kappa shape index (κ3) is 3.86. The summed E-state index contributed by atoms with van der Waals surface area (Å²) in [5.74, 6) is 0.446. The predicted molar refractivity (Wildman–Crippen MR) is 76.0 cm³/mol. The quantitative estimate of drug-likeness (QED) is 0.738. The molecule has 1 aromatic heterocycles. The van der Waals surface area contributed by atoms with Crippen LogP contribution in [0.3, 0.4) is 0 Å². The highest BCUT2D eigenvalue weighted by molar-refractivity contribution is 9.11. The summed E-state index contributed by atoms with van der Waals surface area (Å²) in [5.41, 5.74) is 1.16. The molecule has 0 N–H and O–H groups in total. The number of halogens is 2. The summed E-state index contributed by atoms with van der Waals surface area (Å²) in [7, 11) is 1.84. The molecule has 0 spiro atoms. The van der Waals surface area contributed by atoms with Crippen LogP contribution in [0.2, 0.25) is 0 Å². The van der Waals surface area contributed by atoms with Gasteiger partial charge in [-0.2, -0.15) is 0 Å². The molecule has 1 atom stereocenters. The van der Waals surface area contributed by atoms with Crippen LogP contribution in [-0.2, 0) is 11.3 Å². The van der Waals surface area contributed by atoms with Gasteiger partial charge in [0.05, 0.1) is 8.61 Å². The smallest absolute Gasteiger partial charge is 0.236 e. The number of rotatable bonds is 4. The number of alkyl halides is 1. The zero-order valence-corrected chi connectivity index (χ0v) is 13.5. The second-order valence-corrected chi connectivity index (χ2v) is 7.38. The number of thiophene rings is 1. The van der Waals surface area contributed by atoms with Gasteiger partial charge in [0.2, 0.25) is 5.91 Å². The highest BCUT2D eigenvalue weighted by Crippen LogP contribution is 2.22. The van der Waals surface area contributed by atoms with Gasteiger partial charge < -0.3 is 4.90 Å². The van der Waals surface area contributed by atoms with Gasteiger partial charge in [0.1, 0.15) is 0 Å². The van der Waals surface area contributed by atoms with E-state index in [-0.39, 0.29) is 10.7 Å². The molecule has 0 radical (unpaired) electrons. The standard InChI is InChI=1S/C11H15Br2NOS/c1-7(2)10(13)11(15)14(3)5-8-4-9(12)16-6-8/h4,6-7,10H,5H2,1-3H3. The van der Waals surface area contributed by atoms with Crippen LogP contribution >= 0.6 is 43.2 Å². The fourth-order valence-electron chi connectivity index (χ4n) is 1.28. The Morgan fingerprint density at radius 3 is 2.62 bits per heavy atom. The van der Waals surface area contributed by atoms with Crippen molar-refractivity contribution in [3.05, 3.63) is 20.8 Å². The minimum Gasteiger partial charge on any atom is -0.340 e. The van der Waals surface area contributed by atoms with Crippen molar-refractivity contribution >= 4 is 49.1 Å². The van der Waals surface area contributed by atoms with Crippen LogP contribution < -0.4 is 0 Å². The van der Waals surface area contributed by atoms with Crippen molar-refractivity contribution in [1.82, 2.24) is 4.90 Å². The Morgan fingerprint density at radius 2 is 2.19 bits per heavy atom. The topological polar surface area (TPSA) is 20.3 Å². The molecular formula is C11H15Br2NOS. The van der Waals surface area contributed by atoms with Gasteiger partial charge in [0.15, 0.2) is 0 Å². The van der Waals surface area contributed by atoms with Crippen LogP contribution in [0.1, 0.15) is 19.4 Å². The van der Waals surface area contributed by atoms with Crippen molar-refractivity contribution < 1.29 is 4.79 Å². The van der Waals surface area contributed by atoms with Crippen molar-refractivity contribution in [3.8, 4) is 0 Å². The Labute approximate surface area is 117 Å². The second-order valence-electron chi connectivity index (χ2n) is 4.10. The predicted octanol–water partition coefficient (Wildman–Crippen LogP) is 3.89. The van der Waals surface area contributed by atoms with Gasteiger partial charge in [-0.05, 0) is 38.9 Å². The van der Waals surface area contributed by atoms with Crippen LogP contribution in [0.4, 0.5) is 0 Å². The Bertz CT molecular complexity index is 365. The molecule has 1 rings (SSSR count). The summed E-state index contributed by atoms with van der Waals surface area (Å²) in [5, 5.41) is 2.06. The average Bonchev–Trinajstić information content (AvgIpc) is 2.61. The SMILES string of the molecule is CC(C)C(Br)C(=O)N(C)Cc1csc(Br)c1. The molecule has 90 valence electrons. The van der Waals surface area contributed by atoms with E-state index in [0.717, 1.165) is 9.35 Å². The third-order valence-electron chi connectivity index (χ3n) is 2.24. The molecule has 1 heterocycles. The van der Waals surface area contributed by atoms with E-state index >= 15 is 0 Å². The van der Waals surface area contributed by atoms with Crippen molar-refractivity contribution in [3.63, 3.8) is 0 Å². The summed E-state index contributed by atoms with van der Waals surface area (Å²) in [6.45, 7) is 4.73. The molecule has 0 fully saturated rings. The van der Waals surface area contributed by atoms with Gasteiger partial charge in [-0.3, -0.25) is 4.79 Å². The number of nitrogens with zero attached hydrogens (tertiary/aromatic N) is 1. The normalized spacial score (nSPS) is 12.9. The molecule has 5 heteroatoms. The molecule has 0 aliphatic carbocycles. The number of carbonyl (C=O) groups excluding carboxylic acids is 1. The first-order chi connectivity index (χ1) is 7.41. The first kappa shape index (κ1) is 14.2. The Kier molecular flexibility index (Phi) is 5.47. The van der Waals surface area contributed by atoms with Gasteiger partial charge in [-0.15, -0.1) is 11.3 Å². The van der Waals surface area contributed by atoms with Crippen LogP contribution in [0.5, 0.6) is 0 Å². The van der Waals surface area contributed by atoms with Crippen molar-refractivity contribution in [2.24, 2.45) is 5.92 Å². The largest absolute Gasteiger partial charge is 0.340 e. The van der Waals surface area contributed by atoms with E-state index < -0.39 is 0 Å². The molecule has 0 saturated carbocycles. The first-order valence-corrected chi connectivity index (χ1v) is 7.62. The van der Waals surface area contributed by atoms with E-state index in [2.05, 4.69) is 37.2 Å². The lowest BCUT2D eigenvalue weighted by Crippen LogP contribution is -2.35. The molecule has 0 aliphatic rings. The molecule has 16 heavy (non-hydrogen) atoms. The van der Waals surface area contributed by atoms with Gasteiger partial charge in [0.25, 0.3) is 0 Å². The fourth-order valence-corrected chi connectivity index (χ4v) is 2.83. The second kappa shape index (κ2) is 6.17. The summed E-state index contributed by atoms with van der Waals surface area (Å²) in [6.07, 6.45) is 0. The van der Waals surface area contributed by atoms with Crippen molar-refractivity contribution in [2.75, 3.05) is 7.05 Å². The highest BCUT2D eigenvalue weighted by atomic mass is 79.9. The molecule has 0 bridgehead atoms. The van der Waals surface area contributed by atoms with Gasteiger partial charge in [0, 0.05) is 13.6 Å². The number of carbonyl (C=O) groups is 1. The van der Waals surface area contributed by atoms with E-state index in [1.54, 1.807) is 16.2 Å². The number of amides is 1. The summed E-state index contributed by atoms with van der Waals surface area (Å²) in [4.78, 5) is 13.6. The number of hydrogen-bond donors (Lipinski definition) is 0. The molecule has 1 unspecified atom stereocenters. The summed E-state index contributed by atoms with van der Waals surface area (Å²) >= 11 is 8.49. The minimum atomic E-state index is -0.0976. The van der Waals surface area contributed by atoms with E-state index in [0.29, 0.717) is 12.5 Å². The third-order valence-corrected chi connectivity index (χ3v) is 5.24. The van der Waals surface area contributed by atoms with Crippen LogP contribution in [0.15, 0.2) is 15.2 Å². The fraction of sp³-hybridized carbons (Fsp3) is 0.545. The zero-order valence-electron chi connectivity index (χ0n) is 9.54. The molecule has 0 aliphatic heterocycles. The molecule has 0 aromatic carbocycles. The maximum absolute atomic E-state index is 12.0. The zero-order chi connectivity index (χ0) is 12.3. The average molecular weight is 369 g/mol. The van der Waals surface area contributed by atoms with E-state index in [1.165, 1.54) is 0 Å². The number of hydrogen-bond acceptors (Lipinski definition) is 2. The highest BCUT2D eigenvalue weighted by Gasteiger charge is 2.22. The van der Waals surface area contributed by atoms with Gasteiger partial charge in [-0.1, -0.05) is 29.8 Å². The lowest BCUT2D eigenvalue weighted by molar-refractivity contribution is -0.130. The van der Waals surface area contributed by atoms with Crippen LogP contribution in [-0.4, -0.2) is 22.7 Å². The maximum atomic E-state index is 12.0.